The van der Waals surface area contributed by atoms with Gasteiger partial charge in [0.05, 0.1) is 11.5 Å². The summed E-state index contributed by atoms with van der Waals surface area (Å²) in [6, 6.07) is 13.1. The van der Waals surface area contributed by atoms with Crippen molar-refractivity contribution in [3.8, 4) is 0 Å². The van der Waals surface area contributed by atoms with Crippen LogP contribution in [0.4, 0.5) is 10.1 Å². The Kier molecular flexibility index (Phi) is 7.22. The zero-order chi connectivity index (χ0) is 22.0. The number of hydrogen-bond acceptors (Lipinski definition) is 6. The molecule has 2 heterocycles. The Morgan fingerprint density at radius 3 is 2.75 bits per heavy atom. The van der Waals surface area contributed by atoms with Gasteiger partial charge in [-0.15, -0.1) is 12.4 Å². The molecular formula is C22H22ClFN4O4. The Labute approximate surface area is 189 Å². The van der Waals surface area contributed by atoms with Gasteiger partial charge < -0.3 is 10.1 Å². The van der Waals surface area contributed by atoms with Crippen LogP contribution in [0.1, 0.15) is 45.7 Å². The number of nitro benzene ring substituents is 1. The molecule has 0 fully saturated rings. The van der Waals surface area contributed by atoms with Gasteiger partial charge in [-0.3, -0.25) is 14.8 Å². The van der Waals surface area contributed by atoms with Crippen LogP contribution in [-0.4, -0.2) is 27.2 Å². The highest BCUT2D eigenvalue weighted by Crippen LogP contribution is 2.28. The topological polar surface area (TPSA) is 99.3 Å². The van der Waals surface area contributed by atoms with Crippen LogP contribution in [0.3, 0.4) is 0 Å². The standard InChI is InChI=1S/C22H21FN4O4.ClH/c1-14-10-24-11-17-20(22(28)31-13-15-5-3-2-4-6-15)25-26(21(14)17)12-16-7-8-18(23)19(9-16)27(29)30;/h2-9,14,24H,10-13H2,1H3;1H. The maximum atomic E-state index is 13.7. The largest absolute Gasteiger partial charge is 0.456 e. The molecule has 8 nitrogen and oxygen atoms in total. The zero-order valence-corrected chi connectivity index (χ0v) is 18.1. The van der Waals surface area contributed by atoms with Crippen molar-refractivity contribution in [2.45, 2.75) is 32.5 Å². The Hall–Kier alpha value is -3.30. The van der Waals surface area contributed by atoms with Crippen molar-refractivity contribution >= 4 is 24.1 Å². The number of rotatable bonds is 6. The number of carbonyl (C=O) groups excluding carboxylic acids is 1. The van der Waals surface area contributed by atoms with Crippen LogP contribution in [0.2, 0.25) is 0 Å². The number of ether oxygens (including phenoxy) is 1. The molecule has 1 N–H and O–H groups in total. The van der Waals surface area contributed by atoms with Gasteiger partial charge in [-0.05, 0) is 17.2 Å². The van der Waals surface area contributed by atoms with Crippen molar-refractivity contribution in [2.75, 3.05) is 6.54 Å². The molecular weight excluding hydrogens is 439 g/mol. The number of nitrogens with zero attached hydrogens (tertiary/aromatic N) is 3. The van der Waals surface area contributed by atoms with E-state index in [9.17, 15) is 19.3 Å². The van der Waals surface area contributed by atoms with Gasteiger partial charge in [0.1, 0.15) is 6.61 Å². The van der Waals surface area contributed by atoms with E-state index in [4.69, 9.17) is 4.74 Å². The molecule has 1 aliphatic heterocycles. The molecule has 4 rings (SSSR count). The first-order chi connectivity index (χ1) is 14.9. The minimum atomic E-state index is -0.890. The van der Waals surface area contributed by atoms with Gasteiger partial charge in [-0.2, -0.15) is 9.49 Å². The van der Waals surface area contributed by atoms with Crippen molar-refractivity contribution in [1.29, 1.82) is 0 Å². The summed E-state index contributed by atoms with van der Waals surface area (Å²) in [6.07, 6.45) is 0. The van der Waals surface area contributed by atoms with E-state index in [1.54, 1.807) is 4.68 Å². The number of nitrogens with one attached hydrogen (secondary N) is 1. The lowest BCUT2D eigenvalue weighted by Gasteiger charge is -2.22. The zero-order valence-electron chi connectivity index (χ0n) is 17.3. The minimum absolute atomic E-state index is 0. The summed E-state index contributed by atoms with van der Waals surface area (Å²) in [6.45, 7) is 3.50. The third-order valence-corrected chi connectivity index (χ3v) is 5.26. The Morgan fingerprint density at radius 2 is 2.03 bits per heavy atom. The summed E-state index contributed by atoms with van der Waals surface area (Å²) >= 11 is 0. The Balaban J connectivity index is 0.00000289. The fourth-order valence-electron chi connectivity index (χ4n) is 3.79. The van der Waals surface area contributed by atoms with Gasteiger partial charge in [0.15, 0.2) is 5.69 Å². The number of esters is 1. The molecule has 2 aromatic carbocycles. The number of hydrogen-bond donors (Lipinski definition) is 1. The van der Waals surface area contributed by atoms with Crippen LogP contribution >= 0.6 is 12.4 Å². The summed E-state index contributed by atoms with van der Waals surface area (Å²) < 4.78 is 20.8. The van der Waals surface area contributed by atoms with E-state index in [0.29, 0.717) is 18.7 Å². The van der Waals surface area contributed by atoms with Gasteiger partial charge >= 0.3 is 11.7 Å². The fourth-order valence-corrected chi connectivity index (χ4v) is 3.79. The Bertz CT molecular complexity index is 1140. The number of nitro groups is 1. The van der Waals surface area contributed by atoms with Crippen molar-refractivity contribution < 1.29 is 18.8 Å². The van der Waals surface area contributed by atoms with E-state index in [0.717, 1.165) is 22.9 Å². The van der Waals surface area contributed by atoms with Gasteiger partial charge in [0.2, 0.25) is 5.82 Å². The predicted molar refractivity (Wildman–Crippen MR) is 117 cm³/mol. The SMILES string of the molecule is CC1CNCc2c(C(=O)OCc3ccccc3)nn(Cc3ccc(F)c([N+](=O)[O-])c3)c21.Cl. The summed E-state index contributed by atoms with van der Waals surface area (Å²) in [5.74, 6) is -1.35. The number of halogens is 2. The number of benzene rings is 2. The van der Waals surface area contributed by atoms with Crippen molar-refractivity contribution in [2.24, 2.45) is 0 Å². The summed E-state index contributed by atoms with van der Waals surface area (Å²) in [7, 11) is 0. The molecule has 168 valence electrons. The van der Waals surface area contributed by atoms with E-state index in [1.165, 1.54) is 12.1 Å². The van der Waals surface area contributed by atoms with E-state index in [1.807, 2.05) is 37.3 Å². The van der Waals surface area contributed by atoms with Crippen LogP contribution in [0.25, 0.3) is 0 Å². The normalized spacial score (nSPS) is 14.9. The molecule has 1 aliphatic rings. The van der Waals surface area contributed by atoms with E-state index in [-0.39, 0.29) is 37.2 Å². The van der Waals surface area contributed by atoms with Crippen LogP contribution in [-0.2, 0) is 24.4 Å². The second kappa shape index (κ2) is 9.88. The average molecular weight is 461 g/mol. The van der Waals surface area contributed by atoms with Gasteiger partial charge in [0, 0.05) is 36.3 Å². The monoisotopic (exact) mass is 460 g/mol. The first kappa shape index (κ1) is 23.4. The third kappa shape index (κ3) is 4.79. The van der Waals surface area contributed by atoms with E-state index < -0.39 is 22.4 Å². The molecule has 3 aromatic rings. The van der Waals surface area contributed by atoms with Crippen LogP contribution in [0.5, 0.6) is 0 Å². The predicted octanol–water partition coefficient (Wildman–Crippen LogP) is 3.96. The highest BCUT2D eigenvalue weighted by atomic mass is 35.5. The second-order valence-corrected chi connectivity index (χ2v) is 7.51. The van der Waals surface area contributed by atoms with Crippen LogP contribution < -0.4 is 5.32 Å². The summed E-state index contributed by atoms with van der Waals surface area (Å²) in [5, 5.41) is 18.8. The molecule has 10 heteroatoms. The fraction of sp³-hybridized carbons (Fsp3) is 0.273. The first-order valence-electron chi connectivity index (χ1n) is 9.88. The first-order valence-corrected chi connectivity index (χ1v) is 9.88. The molecule has 0 aliphatic carbocycles. The van der Waals surface area contributed by atoms with Crippen LogP contribution in [0, 0.1) is 15.9 Å². The lowest BCUT2D eigenvalue weighted by Crippen LogP contribution is -2.28. The van der Waals surface area contributed by atoms with Gasteiger partial charge in [0.25, 0.3) is 0 Å². The minimum Gasteiger partial charge on any atom is -0.456 e. The second-order valence-electron chi connectivity index (χ2n) is 7.51. The highest BCUT2D eigenvalue weighted by Gasteiger charge is 2.30. The lowest BCUT2D eigenvalue weighted by atomic mass is 9.97. The number of aromatic nitrogens is 2. The molecule has 0 spiro atoms. The lowest BCUT2D eigenvalue weighted by molar-refractivity contribution is -0.387. The van der Waals surface area contributed by atoms with Crippen molar-refractivity contribution in [3.05, 3.63) is 92.5 Å². The summed E-state index contributed by atoms with van der Waals surface area (Å²) in [5.41, 5.74) is 2.66. The van der Waals surface area contributed by atoms with Crippen LogP contribution in [0.15, 0.2) is 48.5 Å². The molecule has 1 atom stereocenters. The third-order valence-electron chi connectivity index (χ3n) is 5.26. The summed E-state index contributed by atoms with van der Waals surface area (Å²) in [4.78, 5) is 23.1. The van der Waals surface area contributed by atoms with Crippen molar-refractivity contribution in [1.82, 2.24) is 15.1 Å². The van der Waals surface area contributed by atoms with Crippen molar-refractivity contribution in [3.63, 3.8) is 0 Å². The molecule has 0 saturated carbocycles. The number of fused-ring (bicyclic) bond motifs is 1. The quantitative estimate of drug-likeness (QED) is 0.339. The maximum absolute atomic E-state index is 13.7. The molecule has 1 aromatic heterocycles. The molecule has 1 unspecified atom stereocenters. The molecule has 0 radical (unpaired) electrons. The molecule has 0 amide bonds. The number of carbonyl (C=O) groups is 1. The smallest absolute Gasteiger partial charge is 0.359 e. The molecule has 0 saturated heterocycles. The van der Waals surface area contributed by atoms with E-state index >= 15 is 0 Å². The highest BCUT2D eigenvalue weighted by molar-refractivity contribution is 5.89. The van der Waals surface area contributed by atoms with Gasteiger partial charge in [-0.25, -0.2) is 4.79 Å². The average Bonchev–Trinajstić information content (AvgIpc) is 3.13. The molecule has 0 bridgehead atoms. The van der Waals surface area contributed by atoms with Gasteiger partial charge in [-0.1, -0.05) is 43.3 Å². The Morgan fingerprint density at radius 1 is 1.28 bits per heavy atom. The van der Waals surface area contributed by atoms with E-state index in [2.05, 4.69) is 10.4 Å². The molecule has 32 heavy (non-hydrogen) atoms. The maximum Gasteiger partial charge on any atom is 0.359 e.